The molecule has 0 aliphatic heterocycles. The van der Waals surface area contributed by atoms with Crippen molar-refractivity contribution in [3.63, 3.8) is 0 Å². The largest absolute Gasteiger partial charge is 0.291 e. The van der Waals surface area contributed by atoms with Gasteiger partial charge >= 0.3 is 0 Å². The van der Waals surface area contributed by atoms with E-state index in [9.17, 15) is 9.18 Å². The van der Waals surface area contributed by atoms with E-state index in [0.717, 1.165) is 0 Å². The summed E-state index contributed by atoms with van der Waals surface area (Å²) in [4.78, 5) is 11.8. The number of hydrazine groups is 1. The summed E-state index contributed by atoms with van der Waals surface area (Å²) in [5.74, 6) is -0.593. The van der Waals surface area contributed by atoms with Gasteiger partial charge in [0, 0.05) is 17.6 Å². The zero-order chi connectivity index (χ0) is 11.8. The second-order valence-electron chi connectivity index (χ2n) is 3.91. The lowest BCUT2D eigenvalue weighted by atomic mass is 9.94. The van der Waals surface area contributed by atoms with Gasteiger partial charge in [0.15, 0.2) is 0 Å². The molecule has 0 saturated heterocycles. The summed E-state index contributed by atoms with van der Waals surface area (Å²) >= 11 is 5.82. The normalized spacial score (nSPS) is 16.9. The van der Waals surface area contributed by atoms with Crippen LogP contribution in [-0.2, 0) is 10.2 Å². The Morgan fingerprint density at radius 1 is 1.50 bits per heavy atom. The summed E-state index contributed by atoms with van der Waals surface area (Å²) < 4.78 is 13.6. The molecule has 1 saturated carbocycles. The van der Waals surface area contributed by atoms with Gasteiger partial charge in [-0.15, -0.1) is 0 Å². The molecular formula is C11H12ClFN2O. The van der Waals surface area contributed by atoms with Gasteiger partial charge in [-0.2, -0.15) is 0 Å². The van der Waals surface area contributed by atoms with Crippen LogP contribution in [0.25, 0.3) is 0 Å². The highest BCUT2D eigenvalue weighted by atomic mass is 35.5. The highest BCUT2D eigenvalue weighted by Gasteiger charge is 2.52. The van der Waals surface area contributed by atoms with E-state index in [4.69, 9.17) is 11.6 Å². The molecule has 1 aliphatic rings. The fourth-order valence-electron chi connectivity index (χ4n) is 1.84. The average Bonchev–Trinajstić information content (AvgIpc) is 3.03. The highest BCUT2D eigenvalue weighted by molar-refractivity contribution is 6.30. The van der Waals surface area contributed by atoms with Crippen molar-refractivity contribution >= 4 is 17.5 Å². The summed E-state index contributed by atoms with van der Waals surface area (Å²) in [6.45, 7) is 0. The van der Waals surface area contributed by atoms with Crippen molar-refractivity contribution in [2.24, 2.45) is 0 Å². The quantitative estimate of drug-likeness (QED) is 0.793. The van der Waals surface area contributed by atoms with Crippen molar-refractivity contribution in [2.75, 3.05) is 7.05 Å². The number of hydrogen-bond donors (Lipinski definition) is 2. The SMILES string of the molecule is CNNC(=O)C1(c2cc(Cl)ccc2F)CC1. The maximum atomic E-state index is 13.6. The molecule has 0 atom stereocenters. The van der Waals surface area contributed by atoms with E-state index in [2.05, 4.69) is 10.9 Å². The summed E-state index contributed by atoms with van der Waals surface area (Å²) in [7, 11) is 1.60. The Morgan fingerprint density at radius 3 is 2.75 bits per heavy atom. The summed E-state index contributed by atoms with van der Waals surface area (Å²) in [6.07, 6.45) is 1.30. The maximum absolute atomic E-state index is 13.6. The van der Waals surface area contributed by atoms with Crippen LogP contribution < -0.4 is 10.9 Å². The number of halogens is 2. The van der Waals surface area contributed by atoms with Crippen molar-refractivity contribution in [2.45, 2.75) is 18.3 Å². The minimum atomic E-state index is -0.738. The molecule has 1 aliphatic carbocycles. The van der Waals surface area contributed by atoms with Crippen molar-refractivity contribution < 1.29 is 9.18 Å². The Balaban J connectivity index is 2.36. The first-order valence-electron chi connectivity index (χ1n) is 5.03. The Labute approximate surface area is 98.0 Å². The molecule has 0 radical (unpaired) electrons. The van der Waals surface area contributed by atoms with Crippen LogP contribution >= 0.6 is 11.6 Å². The zero-order valence-electron chi connectivity index (χ0n) is 8.81. The van der Waals surface area contributed by atoms with Gasteiger partial charge in [0.25, 0.3) is 0 Å². The molecule has 16 heavy (non-hydrogen) atoms. The van der Waals surface area contributed by atoms with Gasteiger partial charge in [0.05, 0.1) is 5.41 Å². The van der Waals surface area contributed by atoms with Gasteiger partial charge in [-0.25, -0.2) is 9.82 Å². The van der Waals surface area contributed by atoms with E-state index in [1.807, 2.05) is 0 Å². The van der Waals surface area contributed by atoms with Crippen LogP contribution in [0, 0.1) is 5.82 Å². The fraction of sp³-hybridized carbons (Fsp3) is 0.364. The summed E-state index contributed by atoms with van der Waals surface area (Å²) in [6, 6.07) is 4.30. The molecule has 0 unspecified atom stereocenters. The number of amides is 1. The Bertz CT molecular complexity index is 432. The maximum Gasteiger partial charge on any atom is 0.244 e. The first-order valence-corrected chi connectivity index (χ1v) is 5.41. The van der Waals surface area contributed by atoms with Crippen LogP contribution in [0.4, 0.5) is 4.39 Å². The molecule has 0 bridgehead atoms. The lowest BCUT2D eigenvalue weighted by molar-refractivity contribution is -0.124. The number of rotatable bonds is 3. The van der Waals surface area contributed by atoms with Gasteiger partial charge in [-0.1, -0.05) is 11.6 Å². The minimum absolute atomic E-state index is 0.212. The third-order valence-corrected chi connectivity index (χ3v) is 3.10. The average molecular weight is 243 g/mol. The number of carbonyl (C=O) groups is 1. The number of hydrogen-bond acceptors (Lipinski definition) is 2. The number of nitrogens with one attached hydrogen (secondary N) is 2. The fourth-order valence-corrected chi connectivity index (χ4v) is 2.01. The smallest absolute Gasteiger partial charge is 0.244 e. The van der Waals surface area contributed by atoms with Gasteiger partial charge in [0.1, 0.15) is 5.82 Å². The molecule has 0 heterocycles. The summed E-state index contributed by atoms with van der Waals surface area (Å²) in [5.41, 5.74) is 4.70. The lowest BCUT2D eigenvalue weighted by Crippen LogP contribution is -2.42. The second kappa shape index (κ2) is 4.03. The number of benzene rings is 1. The van der Waals surface area contributed by atoms with Crippen LogP contribution in [0.2, 0.25) is 5.02 Å². The molecule has 5 heteroatoms. The van der Waals surface area contributed by atoms with E-state index in [1.54, 1.807) is 7.05 Å². The van der Waals surface area contributed by atoms with Crippen molar-refractivity contribution in [1.29, 1.82) is 0 Å². The minimum Gasteiger partial charge on any atom is -0.291 e. The summed E-state index contributed by atoms with van der Waals surface area (Å²) in [5, 5.41) is 0.444. The van der Waals surface area contributed by atoms with Crippen LogP contribution in [-0.4, -0.2) is 13.0 Å². The van der Waals surface area contributed by atoms with Crippen LogP contribution in [0.1, 0.15) is 18.4 Å². The van der Waals surface area contributed by atoms with Crippen molar-refractivity contribution in [3.05, 3.63) is 34.6 Å². The van der Waals surface area contributed by atoms with Gasteiger partial charge in [0.2, 0.25) is 5.91 Å². The first-order chi connectivity index (χ1) is 7.60. The molecule has 86 valence electrons. The van der Waals surface area contributed by atoms with E-state index in [1.165, 1.54) is 18.2 Å². The number of carbonyl (C=O) groups excluding carboxylic acids is 1. The van der Waals surface area contributed by atoms with Gasteiger partial charge in [-0.3, -0.25) is 10.2 Å². The Hall–Kier alpha value is -1.13. The third-order valence-electron chi connectivity index (χ3n) is 2.87. The molecule has 0 spiro atoms. The molecule has 1 fully saturated rings. The van der Waals surface area contributed by atoms with E-state index >= 15 is 0 Å². The van der Waals surface area contributed by atoms with Crippen molar-refractivity contribution in [3.8, 4) is 0 Å². The van der Waals surface area contributed by atoms with Gasteiger partial charge in [-0.05, 0) is 31.0 Å². The van der Waals surface area contributed by atoms with Crippen LogP contribution in [0.15, 0.2) is 18.2 Å². The predicted molar refractivity (Wildman–Crippen MR) is 59.5 cm³/mol. The predicted octanol–water partition coefficient (Wildman–Crippen LogP) is 1.76. The zero-order valence-corrected chi connectivity index (χ0v) is 9.57. The second-order valence-corrected chi connectivity index (χ2v) is 4.35. The van der Waals surface area contributed by atoms with E-state index in [-0.39, 0.29) is 11.7 Å². The molecule has 0 aromatic heterocycles. The molecule has 1 amide bonds. The molecule has 1 aromatic rings. The standard InChI is InChI=1S/C11H12ClFN2O/c1-14-15-10(16)11(4-5-11)8-6-7(12)2-3-9(8)13/h2-3,6,14H,4-5H2,1H3,(H,15,16). The molecule has 3 nitrogen and oxygen atoms in total. The van der Waals surface area contributed by atoms with Gasteiger partial charge < -0.3 is 0 Å². The molecule has 1 aromatic carbocycles. The monoisotopic (exact) mass is 242 g/mol. The van der Waals surface area contributed by atoms with E-state index < -0.39 is 5.41 Å². The van der Waals surface area contributed by atoms with Crippen LogP contribution in [0.5, 0.6) is 0 Å². The lowest BCUT2D eigenvalue weighted by Gasteiger charge is -2.16. The highest BCUT2D eigenvalue weighted by Crippen LogP contribution is 2.49. The molecular weight excluding hydrogens is 231 g/mol. The Kier molecular flexibility index (Phi) is 2.86. The molecule has 2 N–H and O–H groups in total. The Morgan fingerprint density at radius 2 is 2.19 bits per heavy atom. The third kappa shape index (κ3) is 1.79. The van der Waals surface area contributed by atoms with E-state index in [0.29, 0.717) is 23.4 Å². The van der Waals surface area contributed by atoms with Crippen LogP contribution in [0.3, 0.4) is 0 Å². The molecule has 2 rings (SSSR count). The van der Waals surface area contributed by atoms with Crippen molar-refractivity contribution in [1.82, 2.24) is 10.9 Å². The topological polar surface area (TPSA) is 41.1 Å². The first kappa shape index (κ1) is 11.4.